The molecule has 1 rings (SSSR count). The van der Waals surface area contributed by atoms with Gasteiger partial charge in [0.15, 0.2) is 0 Å². The molecule has 9 heteroatoms. The van der Waals surface area contributed by atoms with Gasteiger partial charge in [-0.25, -0.2) is 8.42 Å². The third-order valence-electron chi connectivity index (χ3n) is 3.62. The molecule has 0 fully saturated rings. The molecular formula is C16H25N3O5S. The van der Waals surface area contributed by atoms with Crippen LogP contribution in [0.4, 0.5) is 5.69 Å². The minimum atomic E-state index is -4.04. The smallest absolute Gasteiger partial charge is 0.271 e. The van der Waals surface area contributed by atoms with E-state index in [4.69, 9.17) is 0 Å². The molecule has 1 aromatic carbocycles. The quantitative estimate of drug-likeness (QED) is 0.608. The van der Waals surface area contributed by atoms with E-state index in [2.05, 4.69) is 5.32 Å². The molecule has 0 aliphatic rings. The summed E-state index contributed by atoms with van der Waals surface area (Å²) in [5.41, 5.74) is 0.151. The van der Waals surface area contributed by atoms with Crippen molar-refractivity contribution in [3.8, 4) is 0 Å². The maximum Gasteiger partial charge on any atom is 0.271 e. The number of benzene rings is 1. The second kappa shape index (κ2) is 7.49. The number of carbonyl (C=O) groups excluding carboxylic acids is 1. The van der Waals surface area contributed by atoms with Crippen LogP contribution >= 0.6 is 0 Å². The van der Waals surface area contributed by atoms with Crippen molar-refractivity contribution >= 4 is 21.6 Å². The molecular weight excluding hydrogens is 346 g/mol. The van der Waals surface area contributed by atoms with Crippen molar-refractivity contribution < 1.29 is 18.1 Å². The van der Waals surface area contributed by atoms with E-state index in [9.17, 15) is 23.3 Å². The second-order valence-electron chi connectivity index (χ2n) is 6.87. The SMILES string of the molecule is CCN(CC(=O)NC(C)(C)C)S(=O)(=O)c1cc([N+](=O)[O-])cc(C)c1C. The van der Waals surface area contributed by atoms with E-state index in [1.807, 2.05) is 0 Å². The molecule has 1 N–H and O–H groups in total. The highest BCUT2D eigenvalue weighted by Crippen LogP contribution is 2.27. The highest BCUT2D eigenvalue weighted by atomic mass is 32.2. The normalized spacial score (nSPS) is 12.3. The minimum Gasteiger partial charge on any atom is -0.350 e. The average Bonchev–Trinajstić information content (AvgIpc) is 2.44. The zero-order valence-electron chi connectivity index (χ0n) is 15.4. The Morgan fingerprint density at radius 2 is 1.84 bits per heavy atom. The summed E-state index contributed by atoms with van der Waals surface area (Å²) >= 11 is 0. The summed E-state index contributed by atoms with van der Waals surface area (Å²) in [6, 6.07) is 2.37. The van der Waals surface area contributed by atoms with Crippen molar-refractivity contribution in [2.75, 3.05) is 13.1 Å². The number of hydrogen-bond acceptors (Lipinski definition) is 5. The molecule has 1 amide bonds. The van der Waals surface area contributed by atoms with Crippen LogP contribution in [0.1, 0.15) is 38.8 Å². The van der Waals surface area contributed by atoms with E-state index in [0.29, 0.717) is 11.1 Å². The molecule has 0 aliphatic heterocycles. The molecule has 140 valence electrons. The van der Waals surface area contributed by atoms with Crippen LogP contribution in [0.3, 0.4) is 0 Å². The number of rotatable bonds is 6. The predicted octanol–water partition coefficient (Wildman–Crippen LogP) is 2.14. The Bertz CT molecular complexity index is 782. The first-order chi connectivity index (χ1) is 11.3. The summed E-state index contributed by atoms with van der Waals surface area (Å²) < 4.78 is 26.9. The largest absolute Gasteiger partial charge is 0.350 e. The Kier molecular flexibility index (Phi) is 6.30. The lowest BCUT2D eigenvalue weighted by atomic mass is 10.1. The molecule has 0 radical (unpaired) electrons. The van der Waals surface area contributed by atoms with E-state index < -0.39 is 26.4 Å². The van der Waals surface area contributed by atoms with E-state index in [1.54, 1.807) is 41.5 Å². The number of sulfonamides is 1. The number of likely N-dealkylation sites (N-methyl/N-ethyl adjacent to an activating group) is 1. The van der Waals surface area contributed by atoms with Crippen molar-refractivity contribution in [2.24, 2.45) is 0 Å². The molecule has 0 spiro atoms. The number of aryl methyl sites for hydroxylation is 1. The summed E-state index contributed by atoms with van der Waals surface area (Å²) in [6.07, 6.45) is 0. The van der Waals surface area contributed by atoms with Crippen molar-refractivity contribution in [3.63, 3.8) is 0 Å². The molecule has 0 saturated heterocycles. The Balaban J connectivity index is 3.29. The van der Waals surface area contributed by atoms with E-state index in [-0.39, 0.29) is 23.7 Å². The Labute approximate surface area is 148 Å². The number of nitro groups is 1. The molecule has 0 saturated carbocycles. The number of nitrogens with zero attached hydrogens (tertiary/aromatic N) is 2. The van der Waals surface area contributed by atoms with Gasteiger partial charge >= 0.3 is 0 Å². The van der Waals surface area contributed by atoms with E-state index in [0.717, 1.165) is 10.4 Å². The van der Waals surface area contributed by atoms with Crippen molar-refractivity contribution in [2.45, 2.75) is 52.0 Å². The van der Waals surface area contributed by atoms with Gasteiger partial charge in [0.2, 0.25) is 15.9 Å². The molecule has 0 atom stereocenters. The first kappa shape index (κ1) is 21.0. The Morgan fingerprint density at radius 3 is 2.28 bits per heavy atom. The molecule has 0 aromatic heterocycles. The van der Waals surface area contributed by atoms with Crippen LogP contribution in [0.15, 0.2) is 17.0 Å². The fourth-order valence-corrected chi connectivity index (χ4v) is 4.03. The predicted molar refractivity (Wildman–Crippen MR) is 94.9 cm³/mol. The summed E-state index contributed by atoms with van der Waals surface area (Å²) in [7, 11) is -4.04. The molecule has 25 heavy (non-hydrogen) atoms. The van der Waals surface area contributed by atoms with Gasteiger partial charge in [-0.2, -0.15) is 4.31 Å². The third kappa shape index (κ3) is 5.23. The average molecular weight is 371 g/mol. The van der Waals surface area contributed by atoms with Gasteiger partial charge < -0.3 is 5.32 Å². The van der Waals surface area contributed by atoms with Gasteiger partial charge in [0.1, 0.15) is 0 Å². The fourth-order valence-electron chi connectivity index (χ4n) is 2.31. The molecule has 0 bridgehead atoms. The molecule has 0 aliphatic carbocycles. The van der Waals surface area contributed by atoms with Gasteiger partial charge in [0.25, 0.3) is 5.69 Å². The number of nitrogens with one attached hydrogen (secondary N) is 1. The van der Waals surface area contributed by atoms with Crippen LogP contribution < -0.4 is 5.32 Å². The Hall–Kier alpha value is -2.00. The maximum absolute atomic E-state index is 12.9. The lowest BCUT2D eigenvalue weighted by Crippen LogP contribution is -2.47. The standard InChI is InChI=1S/C16H25N3O5S/c1-7-18(10-15(20)17-16(4,5)6)25(23,24)14-9-13(19(21)22)8-11(2)12(14)3/h8-9H,7,10H2,1-6H3,(H,17,20). The maximum atomic E-state index is 12.9. The molecule has 8 nitrogen and oxygen atoms in total. The molecule has 0 heterocycles. The van der Waals surface area contributed by atoms with Crippen LogP contribution in [0, 0.1) is 24.0 Å². The third-order valence-corrected chi connectivity index (χ3v) is 5.67. The topological polar surface area (TPSA) is 110 Å². The lowest BCUT2D eigenvalue weighted by molar-refractivity contribution is -0.385. The first-order valence-electron chi connectivity index (χ1n) is 7.86. The van der Waals surface area contributed by atoms with Crippen LogP contribution in [-0.2, 0) is 14.8 Å². The highest BCUT2D eigenvalue weighted by molar-refractivity contribution is 7.89. The van der Waals surface area contributed by atoms with E-state index >= 15 is 0 Å². The van der Waals surface area contributed by atoms with Crippen molar-refractivity contribution in [1.29, 1.82) is 0 Å². The number of hydrogen-bond donors (Lipinski definition) is 1. The summed E-state index contributed by atoms with van der Waals surface area (Å²) in [5, 5.41) is 13.8. The van der Waals surface area contributed by atoms with Gasteiger partial charge in [0, 0.05) is 24.2 Å². The first-order valence-corrected chi connectivity index (χ1v) is 9.30. The lowest BCUT2D eigenvalue weighted by Gasteiger charge is -2.25. The van der Waals surface area contributed by atoms with Crippen LogP contribution in [0.25, 0.3) is 0 Å². The molecule has 0 unspecified atom stereocenters. The van der Waals surface area contributed by atoms with Gasteiger partial charge in [0.05, 0.1) is 16.4 Å². The van der Waals surface area contributed by atoms with E-state index in [1.165, 1.54) is 6.07 Å². The van der Waals surface area contributed by atoms with Gasteiger partial charge in [-0.15, -0.1) is 0 Å². The van der Waals surface area contributed by atoms with Crippen LogP contribution in [0.5, 0.6) is 0 Å². The van der Waals surface area contributed by atoms with Gasteiger partial charge in [-0.1, -0.05) is 6.92 Å². The van der Waals surface area contributed by atoms with Crippen molar-refractivity contribution in [3.05, 3.63) is 33.4 Å². The summed E-state index contributed by atoms with van der Waals surface area (Å²) in [4.78, 5) is 22.4. The fraction of sp³-hybridized carbons (Fsp3) is 0.562. The van der Waals surface area contributed by atoms with Crippen LogP contribution in [-0.4, -0.2) is 42.2 Å². The Morgan fingerprint density at radius 1 is 1.28 bits per heavy atom. The number of non-ortho nitro benzene ring substituents is 1. The second-order valence-corrected chi connectivity index (χ2v) is 8.78. The number of amides is 1. The summed E-state index contributed by atoms with van der Waals surface area (Å²) in [5.74, 6) is -0.433. The molecule has 1 aromatic rings. The van der Waals surface area contributed by atoms with Gasteiger partial charge in [-0.05, 0) is 45.7 Å². The van der Waals surface area contributed by atoms with Gasteiger partial charge in [-0.3, -0.25) is 14.9 Å². The highest BCUT2D eigenvalue weighted by Gasteiger charge is 2.30. The number of nitro benzene ring substituents is 1. The van der Waals surface area contributed by atoms with Crippen molar-refractivity contribution in [1.82, 2.24) is 9.62 Å². The number of carbonyl (C=O) groups is 1. The monoisotopic (exact) mass is 371 g/mol. The van der Waals surface area contributed by atoms with Crippen LogP contribution in [0.2, 0.25) is 0 Å². The minimum absolute atomic E-state index is 0.0705. The zero-order chi connectivity index (χ0) is 19.6. The summed E-state index contributed by atoms with van der Waals surface area (Å²) in [6.45, 7) is 9.93. The zero-order valence-corrected chi connectivity index (χ0v) is 16.2.